The van der Waals surface area contributed by atoms with E-state index in [0.717, 1.165) is 0 Å². The van der Waals surface area contributed by atoms with E-state index in [2.05, 4.69) is 0 Å². The molecule has 7 nitrogen and oxygen atoms in total. The Morgan fingerprint density at radius 1 is 1.17 bits per heavy atom. The van der Waals surface area contributed by atoms with Gasteiger partial charge in [0.2, 0.25) is 0 Å². The van der Waals surface area contributed by atoms with Crippen LogP contribution in [0.5, 0.6) is 0 Å². The Balaban J connectivity index is -0.0000000221. The average molecular weight is 220 g/mol. The molecule has 0 aliphatic carbocycles. The van der Waals surface area contributed by atoms with Gasteiger partial charge >= 0.3 is 59.1 Å². The number of phosphoric acid groups is 1. The van der Waals surface area contributed by atoms with Gasteiger partial charge < -0.3 is 36.2 Å². The molecule has 0 aliphatic rings. The molecule has 0 bridgehead atoms. The van der Waals surface area contributed by atoms with Gasteiger partial charge in [0, 0.05) is 13.1 Å². The van der Waals surface area contributed by atoms with E-state index < -0.39 is 7.82 Å². The van der Waals surface area contributed by atoms with Crippen LogP contribution in [0, 0.1) is 0 Å². The first kappa shape index (κ1) is 29.2. The van der Waals surface area contributed by atoms with Crippen molar-refractivity contribution in [2.45, 2.75) is 0 Å². The van der Waals surface area contributed by atoms with Gasteiger partial charge in [-0.15, -0.1) is 0 Å². The zero-order valence-electron chi connectivity index (χ0n) is 7.19. The second kappa shape index (κ2) is 18.7. The van der Waals surface area contributed by atoms with Crippen molar-refractivity contribution in [1.29, 1.82) is 0 Å². The third-order valence-electron chi connectivity index (χ3n) is 0.167. The molecule has 0 spiro atoms. The molecule has 0 saturated heterocycles. The third kappa shape index (κ3) is 162. The van der Waals surface area contributed by atoms with E-state index in [-0.39, 0.29) is 64.6 Å². The fraction of sp³-hybridized carbons (Fsp3) is 1.00. The summed E-state index contributed by atoms with van der Waals surface area (Å²) in [7, 11) is -5.14. The molecule has 0 saturated carbocycles. The number of rotatable bonds is 1. The van der Waals surface area contributed by atoms with Crippen molar-refractivity contribution >= 4 is 7.82 Å². The molecule has 0 unspecified atom stereocenters. The Kier molecular flexibility index (Phi) is 45.5. The van der Waals surface area contributed by atoms with Crippen LogP contribution in [0.4, 0.5) is 0 Å². The monoisotopic (exact) mass is 220 g/mol. The van der Waals surface area contributed by atoms with E-state index in [4.69, 9.17) is 30.7 Å². The summed E-state index contributed by atoms with van der Waals surface area (Å²) in [5, 5.41) is 0. The third-order valence-corrected chi connectivity index (χ3v) is 0.167. The van der Waals surface area contributed by atoms with Crippen molar-refractivity contribution in [3.05, 3.63) is 0 Å². The van der Waals surface area contributed by atoms with Gasteiger partial charge in [-0.1, -0.05) is 0 Å². The molecule has 0 rings (SSSR count). The minimum Gasteiger partial charge on any atom is -0.790 e. The molecule has 0 aliphatic heterocycles. The van der Waals surface area contributed by atoms with Crippen LogP contribution in [0.15, 0.2) is 0 Å². The Morgan fingerprint density at radius 2 is 1.25 bits per heavy atom. The molecular weight excluding hydrogens is 209 g/mol. The molecule has 12 heavy (non-hydrogen) atoms. The maximum atomic E-state index is 8.66. The van der Waals surface area contributed by atoms with Gasteiger partial charge in [-0.3, -0.25) is 0 Å². The summed E-state index contributed by atoms with van der Waals surface area (Å²) in [6.45, 7) is 1.19. The normalized spacial score (nSPS) is 7.42. The van der Waals surface area contributed by atoms with Gasteiger partial charge in [0.15, 0.2) is 0 Å². The van der Waals surface area contributed by atoms with Crippen LogP contribution in [0.1, 0.15) is 0 Å². The van der Waals surface area contributed by atoms with Crippen molar-refractivity contribution in [1.82, 2.24) is 0 Å². The van der Waals surface area contributed by atoms with Gasteiger partial charge in [-0.05, 0) is 0 Å². The van der Waals surface area contributed by atoms with Crippen molar-refractivity contribution in [2.75, 3.05) is 13.1 Å². The number of hydrogen-bond acceptors (Lipinski definition) is 5. The van der Waals surface area contributed by atoms with E-state index >= 15 is 0 Å². The van der Waals surface area contributed by atoms with E-state index in [9.17, 15) is 0 Å². The number of hydrogen-bond donors (Lipinski definition) is 3. The first-order chi connectivity index (χ1) is 3.91. The number of nitrogens with two attached hydrogens (primary N) is 2. The van der Waals surface area contributed by atoms with E-state index in [1.54, 1.807) is 0 Å². The molecule has 0 aromatic carbocycles. The molecule has 0 aromatic rings. The molecule has 10 heteroatoms. The van der Waals surface area contributed by atoms with Crippen LogP contribution < -0.4 is 80.4 Å². The van der Waals surface area contributed by atoms with E-state index in [1.165, 1.54) is 0 Å². The Labute approximate surface area is 115 Å². The Hall–Kier alpha value is 1.99. The van der Waals surface area contributed by atoms with Gasteiger partial charge in [0.1, 0.15) is 0 Å². The molecule has 66 valence electrons. The molecule has 0 aromatic heterocycles. The molecule has 0 amide bonds. The maximum absolute atomic E-state index is 8.66. The Bertz CT molecular complexity index is 89.2. The predicted octanol–water partition coefficient (Wildman–Crippen LogP) is -10.1. The van der Waals surface area contributed by atoms with Crippen LogP contribution in [0.25, 0.3) is 0 Å². The zero-order chi connectivity index (χ0) is 7.91. The standard InChI is InChI=1S/C2H8N2.2Na.H3O4P.H2O/c3-1-2-4;;;1-5(2,3)4;/h1-4H2;;;(H3,1,2,3,4);1H2/q;2*+1;;/p-2. The summed E-state index contributed by atoms with van der Waals surface area (Å²) in [5.41, 5.74) is 9.81. The Morgan fingerprint density at radius 3 is 1.25 bits per heavy atom. The van der Waals surface area contributed by atoms with Crippen LogP contribution >= 0.6 is 7.82 Å². The molecule has 0 fully saturated rings. The smallest absolute Gasteiger partial charge is 0.790 e. The van der Waals surface area contributed by atoms with Gasteiger partial charge in [-0.25, -0.2) is 0 Å². The first-order valence-corrected chi connectivity index (χ1v) is 3.56. The quantitative estimate of drug-likeness (QED) is 0.293. The van der Waals surface area contributed by atoms with Crippen molar-refractivity contribution in [3.63, 3.8) is 0 Å². The molecular formula is C2H11N2Na2O5P. The van der Waals surface area contributed by atoms with Crippen LogP contribution in [-0.4, -0.2) is 23.5 Å². The maximum Gasteiger partial charge on any atom is 1.00 e. The predicted molar refractivity (Wildman–Crippen MR) is 31.5 cm³/mol. The molecule has 0 heterocycles. The minimum atomic E-state index is -5.14. The summed E-state index contributed by atoms with van der Waals surface area (Å²) in [4.78, 5) is 24.3. The van der Waals surface area contributed by atoms with Gasteiger partial charge in [0.05, 0.1) is 7.82 Å². The summed E-state index contributed by atoms with van der Waals surface area (Å²) in [6, 6.07) is 0. The summed E-state index contributed by atoms with van der Waals surface area (Å²) < 4.78 is 8.66. The fourth-order valence-electron chi connectivity index (χ4n) is 0. The summed E-state index contributed by atoms with van der Waals surface area (Å²) >= 11 is 0. The van der Waals surface area contributed by atoms with Crippen LogP contribution in [0.2, 0.25) is 0 Å². The van der Waals surface area contributed by atoms with Crippen LogP contribution in [-0.2, 0) is 4.57 Å². The zero-order valence-corrected chi connectivity index (χ0v) is 12.1. The van der Waals surface area contributed by atoms with Gasteiger partial charge in [-0.2, -0.15) is 0 Å². The summed E-state index contributed by atoms with van der Waals surface area (Å²) in [5.74, 6) is 0. The topological polar surface area (TPSA) is 167 Å². The van der Waals surface area contributed by atoms with Crippen molar-refractivity contribution in [3.8, 4) is 0 Å². The van der Waals surface area contributed by atoms with Gasteiger partial charge in [0.25, 0.3) is 0 Å². The minimum absolute atomic E-state index is 0. The SMILES string of the molecule is NCCN.O.O=P([O-])([O-])O.[Na+].[Na+]. The van der Waals surface area contributed by atoms with Crippen molar-refractivity contribution < 1.29 is 83.8 Å². The first-order valence-electron chi connectivity index (χ1n) is 2.06. The fourth-order valence-corrected chi connectivity index (χ4v) is 0. The second-order valence-electron chi connectivity index (χ2n) is 1.05. The van der Waals surface area contributed by atoms with E-state index in [1.807, 2.05) is 0 Å². The largest absolute Gasteiger partial charge is 1.00 e. The molecule has 7 N–H and O–H groups in total. The summed E-state index contributed by atoms with van der Waals surface area (Å²) in [6.07, 6.45) is 0. The molecule has 0 atom stereocenters. The van der Waals surface area contributed by atoms with Crippen molar-refractivity contribution in [2.24, 2.45) is 11.5 Å². The molecule has 0 radical (unpaired) electrons. The second-order valence-corrected chi connectivity index (χ2v) is 1.98. The average Bonchev–Trinajstić information content (AvgIpc) is 1.61. The van der Waals surface area contributed by atoms with E-state index in [0.29, 0.717) is 13.1 Å². The van der Waals surface area contributed by atoms with Crippen LogP contribution in [0.3, 0.4) is 0 Å².